The zero-order valence-corrected chi connectivity index (χ0v) is 9.18. The lowest BCUT2D eigenvalue weighted by Crippen LogP contribution is -2.18. The highest BCUT2D eigenvalue weighted by atomic mass is 79.9. The molecule has 0 aliphatic carbocycles. The molecule has 2 heteroatoms. The Hall–Kier alpha value is -0.340. The van der Waals surface area contributed by atoms with Crippen LogP contribution in [0.4, 0.5) is 0 Å². The maximum absolute atomic E-state index is 3.55. The van der Waals surface area contributed by atoms with E-state index in [-0.39, 0.29) is 0 Å². The van der Waals surface area contributed by atoms with Crippen LogP contribution in [-0.4, -0.2) is 18.0 Å². The Morgan fingerprint density at radius 1 is 1.38 bits per heavy atom. The molecule has 13 heavy (non-hydrogen) atoms. The van der Waals surface area contributed by atoms with Crippen molar-refractivity contribution in [1.29, 1.82) is 0 Å². The highest BCUT2D eigenvalue weighted by Crippen LogP contribution is 2.19. The summed E-state index contributed by atoms with van der Waals surface area (Å²) in [5.41, 5.74) is 1.38. The first-order chi connectivity index (χ1) is 6.36. The minimum Gasteiger partial charge on any atom is -0.299 e. The summed E-state index contributed by atoms with van der Waals surface area (Å²) >= 11 is 3.55. The summed E-state index contributed by atoms with van der Waals surface area (Å²) in [6.07, 6.45) is 2.72. The van der Waals surface area contributed by atoms with Crippen LogP contribution in [0, 0.1) is 6.07 Å². The molecule has 0 amide bonds. The number of rotatable bonds is 2. The topological polar surface area (TPSA) is 3.24 Å². The van der Waals surface area contributed by atoms with Gasteiger partial charge in [0, 0.05) is 11.0 Å². The van der Waals surface area contributed by atoms with E-state index in [1.165, 1.54) is 36.0 Å². The van der Waals surface area contributed by atoms with E-state index in [1.54, 1.807) is 0 Å². The summed E-state index contributed by atoms with van der Waals surface area (Å²) in [6, 6.07) is 9.18. The Labute approximate surface area is 87.9 Å². The van der Waals surface area contributed by atoms with Crippen molar-refractivity contribution < 1.29 is 0 Å². The van der Waals surface area contributed by atoms with Crippen LogP contribution in [-0.2, 0) is 6.54 Å². The fourth-order valence-corrected chi connectivity index (χ4v) is 2.14. The van der Waals surface area contributed by atoms with Gasteiger partial charge in [0.15, 0.2) is 0 Å². The molecule has 0 saturated carbocycles. The van der Waals surface area contributed by atoms with E-state index in [9.17, 15) is 0 Å². The molecule has 1 aromatic rings. The lowest BCUT2D eigenvalue weighted by Gasteiger charge is -2.15. The SMILES string of the molecule is Brc1c[c]ccc1CN1CCCC1. The van der Waals surface area contributed by atoms with Crippen LogP contribution in [0.1, 0.15) is 18.4 Å². The van der Waals surface area contributed by atoms with Gasteiger partial charge in [-0.05, 0) is 43.6 Å². The summed E-state index contributed by atoms with van der Waals surface area (Å²) in [7, 11) is 0. The molecule has 2 rings (SSSR count). The zero-order valence-electron chi connectivity index (χ0n) is 7.59. The molecule has 1 radical (unpaired) electrons. The maximum Gasteiger partial charge on any atom is 0.0244 e. The van der Waals surface area contributed by atoms with Crippen LogP contribution in [0.25, 0.3) is 0 Å². The lowest BCUT2D eigenvalue weighted by molar-refractivity contribution is 0.331. The quantitative estimate of drug-likeness (QED) is 0.767. The van der Waals surface area contributed by atoms with Gasteiger partial charge in [0.2, 0.25) is 0 Å². The van der Waals surface area contributed by atoms with Crippen LogP contribution in [0.15, 0.2) is 22.7 Å². The van der Waals surface area contributed by atoms with E-state index >= 15 is 0 Å². The van der Waals surface area contributed by atoms with Gasteiger partial charge in [-0.15, -0.1) is 0 Å². The molecule has 0 aromatic heterocycles. The van der Waals surface area contributed by atoms with Gasteiger partial charge < -0.3 is 0 Å². The molecule has 1 saturated heterocycles. The van der Waals surface area contributed by atoms with Crippen LogP contribution in [0.3, 0.4) is 0 Å². The van der Waals surface area contributed by atoms with E-state index in [0.717, 1.165) is 6.54 Å². The second kappa shape index (κ2) is 4.25. The average Bonchev–Trinajstić information content (AvgIpc) is 2.61. The Balaban J connectivity index is 2.04. The Morgan fingerprint density at radius 3 is 2.85 bits per heavy atom. The second-order valence-corrected chi connectivity index (χ2v) is 4.36. The Kier molecular flexibility index (Phi) is 3.01. The first-order valence-corrected chi connectivity index (χ1v) is 5.52. The molecular formula is C11H13BrN. The van der Waals surface area contributed by atoms with Gasteiger partial charge in [-0.3, -0.25) is 4.90 Å². The molecule has 1 heterocycles. The molecule has 0 unspecified atom stereocenters. The van der Waals surface area contributed by atoms with E-state index in [0.29, 0.717) is 0 Å². The molecule has 1 aromatic carbocycles. The molecule has 1 aliphatic heterocycles. The molecule has 0 atom stereocenters. The summed E-state index contributed by atoms with van der Waals surface area (Å²) in [5, 5.41) is 0. The summed E-state index contributed by atoms with van der Waals surface area (Å²) in [6.45, 7) is 3.59. The summed E-state index contributed by atoms with van der Waals surface area (Å²) in [4.78, 5) is 2.50. The van der Waals surface area contributed by atoms with Crippen molar-refractivity contribution in [2.45, 2.75) is 19.4 Å². The minimum atomic E-state index is 1.08. The van der Waals surface area contributed by atoms with Crippen molar-refractivity contribution in [2.75, 3.05) is 13.1 Å². The van der Waals surface area contributed by atoms with Gasteiger partial charge in [-0.1, -0.05) is 28.1 Å². The summed E-state index contributed by atoms with van der Waals surface area (Å²) < 4.78 is 1.18. The lowest BCUT2D eigenvalue weighted by atomic mass is 10.2. The number of nitrogens with zero attached hydrogens (tertiary/aromatic N) is 1. The predicted molar refractivity (Wildman–Crippen MR) is 57.5 cm³/mol. The number of benzene rings is 1. The van der Waals surface area contributed by atoms with Crippen molar-refractivity contribution in [3.8, 4) is 0 Å². The molecule has 0 spiro atoms. The number of halogens is 1. The molecule has 0 N–H and O–H groups in total. The number of hydrogen-bond acceptors (Lipinski definition) is 1. The first-order valence-electron chi connectivity index (χ1n) is 4.73. The normalized spacial score (nSPS) is 17.9. The average molecular weight is 239 g/mol. The highest BCUT2D eigenvalue weighted by Gasteiger charge is 2.12. The predicted octanol–water partition coefficient (Wildman–Crippen LogP) is 2.85. The van der Waals surface area contributed by atoms with Gasteiger partial charge in [0.25, 0.3) is 0 Å². The monoisotopic (exact) mass is 238 g/mol. The van der Waals surface area contributed by atoms with Crippen molar-refractivity contribution in [3.63, 3.8) is 0 Å². The van der Waals surface area contributed by atoms with Gasteiger partial charge in [-0.25, -0.2) is 0 Å². The van der Waals surface area contributed by atoms with Crippen molar-refractivity contribution in [3.05, 3.63) is 34.3 Å². The van der Waals surface area contributed by atoms with Crippen LogP contribution in [0.5, 0.6) is 0 Å². The minimum absolute atomic E-state index is 1.08. The van der Waals surface area contributed by atoms with Crippen molar-refractivity contribution in [2.24, 2.45) is 0 Å². The van der Waals surface area contributed by atoms with Gasteiger partial charge in [-0.2, -0.15) is 0 Å². The second-order valence-electron chi connectivity index (χ2n) is 3.50. The van der Waals surface area contributed by atoms with E-state index in [1.807, 2.05) is 12.1 Å². The maximum atomic E-state index is 3.55. The van der Waals surface area contributed by atoms with Crippen molar-refractivity contribution >= 4 is 15.9 Å². The standard InChI is InChI=1S/C11H13BrN/c12-11-6-2-1-5-10(11)9-13-7-3-4-8-13/h1,5-6H,3-4,7-9H2. The molecule has 69 valence electrons. The zero-order chi connectivity index (χ0) is 9.10. The number of hydrogen-bond donors (Lipinski definition) is 0. The molecule has 1 nitrogen and oxygen atoms in total. The smallest absolute Gasteiger partial charge is 0.0244 e. The van der Waals surface area contributed by atoms with Crippen LogP contribution < -0.4 is 0 Å². The third-order valence-corrected chi connectivity index (χ3v) is 3.23. The molecule has 0 bridgehead atoms. The molecular weight excluding hydrogens is 226 g/mol. The van der Waals surface area contributed by atoms with E-state index in [4.69, 9.17) is 0 Å². The van der Waals surface area contributed by atoms with Crippen molar-refractivity contribution in [1.82, 2.24) is 4.90 Å². The fraction of sp³-hybridized carbons (Fsp3) is 0.455. The molecule has 1 aliphatic rings. The third-order valence-electron chi connectivity index (χ3n) is 2.49. The van der Waals surface area contributed by atoms with Gasteiger partial charge >= 0.3 is 0 Å². The van der Waals surface area contributed by atoms with Crippen LogP contribution in [0.2, 0.25) is 0 Å². The third kappa shape index (κ3) is 2.32. The van der Waals surface area contributed by atoms with Gasteiger partial charge in [0.05, 0.1) is 0 Å². The van der Waals surface area contributed by atoms with E-state index < -0.39 is 0 Å². The Morgan fingerprint density at radius 2 is 2.15 bits per heavy atom. The van der Waals surface area contributed by atoms with Crippen LogP contribution >= 0.6 is 15.9 Å². The summed E-state index contributed by atoms with van der Waals surface area (Å²) in [5.74, 6) is 0. The first kappa shape index (κ1) is 9.22. The fourth-order valence-electron chi connectivity index (χ4n) is 1.75. The Bertz CT molecular complexity index is 279. The largest absolute Gasteiger partial charge is 0.299 e. The molecule has 1 fully saturated rings. The highest BCUT2D eigenvalue weighted by molar-refractivity contribution is 9.10. The van der Waals surface area contributed by atoms with E-state index in [2.05, 4.69) is 33.0 Å². The number of likely N-dealkylation sites (tertiary alicyclic amines) is 1. The van der Waals surface area contributed by atoms with Gasteiger partial charge in [0.1, 0.15) is 0 Å².